The first-order valence-electron chi connectivity index (χ1n) is 6.99. The molecule has 0 bridgehead atoms. The molecule has 0 saturated heterocycles. The Morgan fingerprint density at radius 3 is 2.72 bits per heavy atom. The van der Waals surface area contributed by atoms with Crippen molar-refractivity contribution >= 4 is 0 Å². The van der Waals surface area contributed by atoms with E-state index in [0.29, 0.717) is 0 Å². The van der Waals surface area contributed by atoms with Crippen molar-refractivity contribution in [1.29, 1.82) is 0 Å². The SMILES string of the molecule is COc1cccc(C(C)(O)CCC2CCCC2)c1. The first-order chi connectivity index (χ1) is 8.62. The van der Waals surface area contributed by atoms with E-state index >= 15 is 0 Å². The van der Waals surface area contributed by atoms with Gasteiger partial charge in [-0.05, 0) is 43.4 Å². The van der Waals surface area contributed by atoms with E-state index in [-0.39, 0.29) is 0 Å². The number of rotatable bonds is 5. The molecule has 1 aliphatic carbocycles. The van der Waals surface area contributed by atoms with E-state index in [0.717, 1.165) is 30.1 Å². The first-order valence-corrected chi connectivity index (χ1v) is 6.99. The highest BCUT2D eigenvalue weighted by Crippen LogP contribution is 2.34. The van der Waals surface area contributed by atoms with Crippen molar-refractivity contribution in [2.45, 2.75) is 51.0 Å². The minimum Gasteiger partial charge on any atom is -0.497 e. The van der Waals surface area contributed by atoms with E-state index < -0.39 is 5.60 Å². The van der Waals surface area contributed by atoms with Crippen LogP contribution in [0.2, 0.25) is 0 Å². The molecule has 18 heavy (non-hydrogen) atoms. The molecule has 1 fully saturated rings. The average Bonchev–Trinajstić information content (AvgIpc) is 2.90. The minimum atomic E-state index is -0.739. The summed E-state index contributed by atoms with van der Waals surface area (Å²) in [6.45, 7) is 1.91. The number of methoxy groups -OCH3 is 1. The lowest BCUT2D eigenvalue weighted by Gasteiger charge is -2.25. The maximum absolute atomic E-state index is 10.6. The second-order valence-electron chi connectivity index (χ2n) is 5.69. The molecule has 1 aromatic carbocycles. The predicted molar refractivity (Wildman–Crippen MR) is 73.8 cm³/mol. The van der Waals surface area contributed by atoms with Crippen LogP contribution in [-0.2, 0) is 5.60 Å². The second-order valence-corrected chi connectivity index (χ2v) is 5.69. The van der Waals surface area contributed by atoms with Crippen LogP contribution in [0.3, 0.4) is 0 Å². The lowest BCUT2D eigenvalue weighted by Crippen LogP contribution is -2.22. The summed E-state index contributed by atoms with van der Waals surface area (Å²) in [5, 5.41) is 10.6. The maximum Gasteiger partial charge on any atom is 0.119 e. The highest BCUT2D eigenvalue weighted by Gasteiger charge is 2.26. The van der Waals surface area contributed by atoms with E-state index in [2.05, 4.69) is 0 Å². The van der Waals surface area contributed by atoms with Gasteiger partial charge in [0.1, 0.15) is 5.75 Å². The van der Waals surface area contributed by atoms with E-state index in [4.69, 9.17) is 4.74 Å². The fraction of sp³-hybridized carbons (Fsp3) is 0.625. The van der Waals surface area contributed by atoms with Gasteiger partial charge in [-0.15, -0.1) is 0 Å². The third kappa shape index (κ3) is 3.26. The van der Waals surface area contributed by atoms with E-state index in [1.807, 2.05) is 31.2 Å². The third-order valence-corrected chi connectivity index (χ3v) is 4.21. The van der Waals surface area contributed by atoms with Gasteiger partial charge in [0.15, 0.2) is 0 Å². The van der Waals surface area contributed by atoms with Gasteiger partial charge in [-0.3, -0.25) is 0 Å². The molecule has 1 aliphatic rings. The summed E-state index contributed by atoms with van der Waals surface area (Å²) in [5.41, 5.74) is 0.219. The van der Waals surface area contributed by atoms with Gasteiger partial charge in [-0.25, -0.2) is 0 Å². The van der Waals surface area contributed by atoms with Crippen molar-refractivity contribution < 1.29 is 9.84 Å². The molecule has 1 unspecified atom stereocenters. The zero-order valence-corrected chi connectivity index (χ0v) is 11.5. The molecule has 0 aliphatic heterocycles. The third-order valence-electron chi connectivity index (χ3n) is 4.21. The summed E-state index contributed by atoms with van der Waals surface area (Å²) in [7, 11) is 1.66. The van der Waals surface area contributed by atoms with Gasteiger partial charge in [0.25, 0.3) is 0 Å². The zero-order chi connectivity index (χ0) is 13.0. The minimum absolute atomic E-state index is 0.739. The largest absolute Gasteiger partial charge is 0.497 e. The average molecular weight is 248 g/mol. The van der Waals surface area contributed by atoms with Crippen LogP contribution in [-0.4, -0.2) is 12.2 Å². The number of aliphatic hydroxyl groups is 1. The monoisotopic (exact) mass is 248 g/mol. The van der Waals surface area contributed by atoms with Crippen LogP contribution in [0, 0.1) is 5.92 Å². The standard InChI is InChI=1S/C16H24O2/c1-16(17,11-10-13-6-3-4-7-13)14-8-5-9-15(12-14)18-2/h5,8-9,12-13,17H,3-4,6-7,10-11H2,1-2H3. The first kappa shape index (κ1) is 13.4. The Bertz CT molecular complexity index is 378. The van der Waals surface area contributed by atoms with Gasteiger partial charge in [0.05, 0.1) is 12.7 Å². The highest BCUT2D eigenvalue weighted by molar-refractivity contribution is 5.31. The van der Waals surface area contributed by atoms with Crippen LogP contribution in [0.15, 0.2) is 24.3 Å². The molecule has 100 valence electrons. The molecular weight excluding hydrogens is 224 g/mol. The molecule has 1 aromatic rings. The lowest BCUT2D eigenvalue weighted by molar-refractivity contribution is 0.0407. The van der Waals surface area contributed by atoms with Gasteiger partial charge in [-0.1, -0.05) is 37.8 Å². The Morgan fingerprint density at radius 2 is 2.06 bits per heavy atom. The van der Waals surface area contributed by atoms with Crippen LogP contribution in [0.25, 0.3) is 0 Å². The van der Waals surface area contributed by atoms with Crippen LogP contribution in [0.4, 0.5) is 0 Å². The van der Waals surface area contributed by atoms with Gasteiger partial charge in [0.2, 0.25) is 0 Å². The molecule has 1 saturated carbocycles. The molecule has 1 N–H and O–H groups in total. The second kappa shape index (κ2) is 5.75. The smallest absolute Gasteiger partial charge is 0.119 e. The summed E-state index contributed by atoms with van der Waals surface area (Å²) in [5.74, 6) is 1.63. The van der Waals surface area contributed by atoms with Crippen LogP contribution >= 0.6 is 0 Å². The highest BCUT2D eigenvalue weighted by atomic mass is 16.5. The summed E-state index contributed by atoms with van der Waals surface area (Å²) < 4.78 is 5.22. The number of hydrogen-bond acceptors (Lipinski definition) is 2. The number of benzene rings is 1. The molecule has 2 heteroatoms. The van der Waals surface area contributed by atoms with Crippen molar-refractivity contribution in [3.63, 3.8) is 0 Å². The molecule has 2 rings (SSSR count). The number of ether oxygens (including phenoxy) is 1. The van der Waals surface area contributed by atoms with Crippen molar-refractivity contribution in [3.8, 4) is 5.75 Å². The van der Waals surface area contributed by atoms with Gasteiger partial charge >= 0.3 is 0 Å². The summed E-state index contributed by atoms with van der Waals surface area (Å²) >= 11 is 0. The molecule has 0 amide bonds. The topological polar surface area (TPSA) is 29.5 Å². The molecule has 0 spiro atoms. The van der Waals surface area contributed by atoms with Crippen molar-refractivity contribution in [2.75, 3.05) is 7.11 Å². The molecule has 0 heterocycles. The molecule has 2 nitrogen and oxygen atoms in total. The van der Waals surface area contributed by atoms with E-state index in [1.54, 1.807) is 7.11 Å². The fourth-order valence-corrected chi connectivity index (χ4v) is 2.89. The fourth-order valence-electron chi connectivity index (χ4n) is 2.89. The Labute approximate surface area is 110 Å². The molecule has 0 aromatic heterocycles. The van der Waals surface area contributed by atoms with E-state index in [1.165, 1.54) is 25.7 Å². The zero-order valence-electron chi connectivity index (χ0n) is 11.5. The van der Waals surface area contributed by atoms with Gasteiger partial charge < -0.3 is 9.84 Å². The van der Waals surface area contributed by atoms with Crippen molar-refractivity contribution in [2.24, 2.45) is 5.92 Å². The summed E-state index contributed by atoms with van der Waals surface area (Å²) in [4.78, 5) is 0. The Kier molecular flexibility index (Phi) is 4.28. The lowest BCUT2D eigenvalue weighted by atomic mass is 9.87. The van der Waals surface area contributed by atoms with Gasteiger partial charge in [-0.2, -0.15) is 0 Å². The Balaban J connectivity index is 1.99. The molecular formula is C16H24O2. The Hall–Kier alpha value is -1.02. The molecule has 1 atom stereocenters. The van der Waals surface area contributed by atoms with Crippen LogP contribution < -0.4 is 4.74 Å². The van der Waals surface area contributed by atoms with E-state index in [9.17, 15) is 5.11 Å². The van der Waals surface area contributed by atoms with Gasteiger partial charge in [0, 0.05) is 0 Å². The van der Waals surface area contributed by atoms with Crippen LogP contribution in [0.1, 0.15) is 51.0 Å². The summed E-state index contributed by atoms with van der Waals surface area (Å²) in [6.07, 6.45) is 7.38. The molecule has 0 radical (unpaired) electrons. The normalized spacial score (nSPS) is 19.7. The number of hydrogen-bond donors (Lipinski definition) is 1. The predicted octanol–water partition coefficient (Wildman–Crippen LogP) is 3.87. The Morgan fingerprint density at radius 1 is 1.33 bits per heavy atom. The maximum atomic E-state index is 10.6. The van der Waals surface area contributed by atoms with Crippen LogP contribution in [0.5, 0.6) is 5.75 Å². The quantitative estimate of drug-likeness (QED) is 0.857. The summed E-state index contributed by atoms with van der Waals surface area (Å²) in [6, 6.07) is 7.78. The van der Waals surface area contributed by atoms with Crippen molar-refractivity contribution in [3.05, 3.63) is 29.8 Å². The van der Waals surface area contributed by atoms with Crippen molar-refractivity contribution in [1.82, 2.24) is 0 Å².